The Morgan fingerprint density at radius 2 is 1.89 bits per heavy atom. The van der Waals surface area contributed by atoms with Gasteiger partial charge in [0.1, 0.15) is 6.61 Å². The van der Waals surface area contributed by atoms with Crippen molar-refractivity contribution in [2.75, 3.05) is 0 Å². The summed E-state index contributed by atoms with van der Waals surface area (Å²) in [6.45, 7) is 2.09. The van der Waals surface area contributed by atoms with E-state index in [9.17, 15) is 10.1 Å². The Labute approximate surface area is 119 Å². The van der Waals surface area contributed by atoms with Crippen LogP contribution in [0.3, 0.4) is 0 Å². The van der Waals surface area contributed by atoms with Crippen LogP contribution < -0.4 is 4.74 Å². The molecule has 0 radical (unpaired) electrons. The summed E-state index contributed by atoms with van der Waals surface area (Å²) in [6.07, 6.45) is 0. The molecule has 0 aromatic heterocycles. The predicted molar refractivity (Wildman–Crippen MR) is 76.3 cm³/mol. The van der Waals surface area contributed by atoms with E-state index in [0.29, 0.717) is 12.4 Å². The van der Waals surface area contributed by atoms with Crippen molar-refractivity contribution in [3.05, 3.63) is 68.2 Å². The second kappa shape index (κ2) is 5.84. The van der Waals surface area contributed by atoms with Gasteiger partial charge in [0.2, 0.25) is 5.75 Å². The molecular weight excluding hydrogens is 310 g/mol. The van der Waals surface area contributed by atoms with Crippen molar-refractivity contribution in [3.8, 4) is 5.75 Å². The maximum atomic E-state index is 11.0. The van der Waals surface area contributed by atoms with Gasteiger partial charge in [-0.05, 0) is 18.6 Å². The highest BCUT2D eigenvalue weighted by molar-refractivity contribution is 9.10. The third kappa shape index (κ3) is 3.12. The molecular formula is C14H12BrNO3. The van der Waals surface area contributed by atoms with Crippen LogP contribution in [0.15, 0.2) is 46.9 Å². The molecule has 0 aliphatic carbocycles. The largest absolute Gasteiger partial charge is 0.482 e. The number of ether oxygens (including phenoxy) is 1. The highest BCUT2D eigenvalue weighted by Crippen LogP contribution is 2.35. The van der Waals surface area contributed by atoms with Crippen LogP contribution in [0, 0.1) is 17.0 Å². The van der Waals surface area contributed by atoms with Gasteiger partial charge in [-0.1, -0.05) is 46.3 Å². The van der Waals surface area contributed by atoms with Crippen molar-refractivity contribution in [1.29, 1.82) is 0 Å². The van der Waals surface area contributed by atoms with E-state index < -0.39 is 4.92 Å². The zero-order valence-electron chi connectivity index (χ0n) is 10.3. The van der Waals surface area contributed by atoms with Gasteiger partial charge in [-0.25, -0.2) is 0 Å². The van der Waals surface area contributed by atoms with Crippen molar-refractivity contribution in [3.63, 3.8) is 0 Å². The lowest BCUT2D eigenvalue weighted by Crippen LogP contribution is -2.01. The zero-order valence-corrected chi connectivity index (χ0v) is 11.9. The normalized spacial score (nSPS) is 10.2. The molecule has 0 heterocycles. The van der Waals surface area contributed by atoms with Gasteiger partial charge >= 0.3 is 5.69 Å². The fourth-order valence-corrected chi connectivity index (χ4v) is 2.02. The third-order valence-corrected chi connectivity index (χ3v) is 3.60. The molecule has 98 valence electrons. The zero-order chi connectivity index (χ0) is 13.8. The first kappa shape index (κ1) is 13.5. The minimum Gasteiger partial charge on any atom is -0.482 e. The Hall–Kier alpha value is -1.88. The molecule has 0 spiro atoms. The van der Waals surface area contributed by atoms with Crippen LogP contribution in [-0.4, -0.2) is 4.92 Å². The molecule has 5 heteroatoms. The molecule has 0 bridgehead atoms. The molecule has 0 aliphatic rings. The van der Waals surface area contributed by atoms with Crippen molar-refractivity contribution in [2.24, 2.45) is 0 Å². The lowest BCUT2D eigenvalue weighted by molar-refractivity contribution is -0.386. The maximum absolute atomic E-state index is 11.0. The summed E-state index contributed by atoms with van der Waals surface area (Å²) in [5.41, 5.74) is 1.68. The molecule has 0 N–H and O–H groups in total. The number of benzene rings is 2. The van der Waals surface area contributed by atoms with E-state index in [1.807, 2.05) is 30.3 Å². The fourth-order valence-electron chi connectivity index (χ4n) is 1.71. The molecule has 0 unspecified atom stereocenters. The number of hydrogen-bond donors (Lipinski definition) is 0. The molecule has 2 aromatic rings. The Morgan fingerprint density at radius 3 is 2.53 bits per heavy atom. The smallest absolute Gasteiger partial charge is 0.311 e. The van der Waals surface area contributed by atoms with Gasteiger partial charge in [0.05, 0.1) is 4.92 Å². The SMILES string of the molecule is Cc1c(Br)ccc([N+](=O)[O-])c1OCc1ccccc1. The summed E-state index contributed by atoms with van der Waals surface area (Å²) in [6, 6.07) is 12.6. The van der Waals surface area contributed by atoms with Crippen LogP contribution in [0.1, 0.15) is 11.1 Å². The first-order chi connectivity index (χ1) is 9.09. The van der Waals surface area contributed by atoms with Gasteiger partial charge in [0.15, 0.2) is 0 Å². The molecule has 2 rings (SSSR count). The topological polar surface area (TPSA) is 52.4 Å². The van der Waals surface area contributed by atoms with E-state index in [2.05, 4.69) is 15.9 Å². The highest BCUT2D eigenvalue weighted by atomic mass is 79.9. The van der Waals surface area contributed by atoms with E-state index in [0.717, 1.165) is 15.6 Å². The molecule has 19 heavy (non-hydrogen) atoms. The number of nitro benzene ring substituents is 1. The molecule has 4 nitrogen and oxygen atoms in total. The van der Waals surface area contributed by atoms with Crippen molar-refractivity contribution < 1.29 is 9.66 Å². The second-order valence-corrected chi connectivity index (χ2v) is 4.91. The monoisotopic (exact) mass is 321 g/mol. The number of rotatable bonds is 4. The third-order valence-electron chi connectivity index (χ3n) is 2.74. The van der Waals surface area contributed by atoms with Crippen LogP contribution >= 0.6 is 15.9 Å². The van der Waals surface area contributed by atoms with Gasteiger partial charge in [-0.2, -0.15) is 0 Å². The van der Waals surface area contributed by atoms with Crippen molar-refractivity contribution >= 4 is 21.6 Å². The average molecular weight is 322 g/mol. The van der Waals surface area contributed by atoms with E-state index in [-0.39, 0.29) is 5.69 Å². The Bertz CT molecular complexity index is 599. The molecule has 0 saturated heterocycles. The Balaban J connectivity index is 2.28. The van der Waals surface area contributed by atoms with Gasteiger partial charge < -0.3 is 4.74 Å². The summed E-state index contributed by atoms with van der Waals surface area (Å²) < 4.78 is 6.42. The van der Waals surface area contributed by atoms with Gasteiger partial charge in [0, 0.05) is 16.1 Å². The maximum Gasteiger partial charge on any atom is 0.311 e. The summed E-state index contributed by atoms with van der Waals surface area (Å²) in [4.78, 5) is 10.6. The number of hydrogen-bond acceptors (Lipinski definition) is 3. The number of nitro groups is 1. The first-order valence-corrected chi connectivity index (χ1v) is 6.49. The van der Waals surface area contributed by atoms with Crippen LogP contribution in [0.25, 0.3) is 0 Å². The summed E-state index contributed by atoms with van der Waals surface area (Å²) in [7, 11) is 0. The lowest BCUT2D eigenvalue weighted by atomic mass is 10.2. The summed E-state index contributed by atoms with van der Waals surface area (Å²) in [5.74, 6) is 0.309. The second-order valence-electron chi connectivity index (χ2n) is 4.05. The lowest BCUT2D eigenvalue weighted by Gasteiger charge is -2.10. The quantitative estimate of drug-likeness (QED) is 0.625. The Morgan fingerprint density at radius 1 is 1.21 bits per heavy atom. The van der Waals surface area contributed by atoms with E-state index in [4.69, 9.17) is 4.74 Å². The van der Waals surface area contributed by atoms with Crippen molar-refractivity contribution in [2.45, 2.75) is 13.5 Å². The number of halogens is 1. The molecule has 0 saturated carbocycles. The standard InChI is InChI=1S/C14H12BrNO3/c1-10-12(15)7-8-13(16(17)18)14(10)19-9-11-5-3-2-4-6-11/h2-8H,9H2,1H3. The molecule has 2 aromatic carbocycles. The molecule has 0 fully saturated rings. The first-order valence-electron chi connectivity index (χ1n) is 5.70. The molecule has 0 amide bonds. The minimum atomic E-state index is -0.431. The number of nitrogens with zero attached hydrogens (tertiary/aromatic N) is 1. The predicted octanol–water partition coefficient (Wildman–Crippen LogP) is 4.24. The van der Waals surface area contributed by atoms with Crippen molar-refractivity contribution in [1.82, 2.24) is 0 Å². The molecule has 0 aliphatic heterocycles. The van der Waals surface area contributed by atoms with Gasteiger partial charge in [-0.3, -0.25) is 10.1 Å². The van der Waals surface area contributed by atoms with E-state index in [1.54, 1.807) is 13.0 Å². The summed E-state index contributed by atoms with van der Waals surface area (Å²) in [5, 5.41) is 11.0. The van der Waals surface area contributed by atoms with E-state index in [1.165, 1.54) is 6.07 Å². The van der Waals surface area contributed by atoms with Crippen LogP contribution in [0.2, 0.25) is 0 Å². The molecule has 0 atom stereocenters. The summed E-state index contributed by atoms with van der Waals surface area (Å²) >= 11 is 3.35. The highest BCUT2D eigenvalue weighted by Gasteiger charge is 2.19. The van der Waals surface area contributed by atoms with E-state index >= 15 is 0 Å². The van der Waals surface area contributed by atoms with Crippen LogP contribution in [0.5, 0.6) is 5.75 Å². The fraction of sp³-hybridized carbons (Fsp3) is 0.143. The Kier molecular flexibility index (Phi) is 4.16. The van der Waals surface area contributed by atoms with Gasteiger partial charge in [0.25, 0.3) is 0 Å². The van der Waals surface area contributed by atoms with Crippen LogP contribution in [-0.2, 0) is 6.61 Å². The average Bonchev–Trinajstić information content (AvgIpc) is 2.41. The minimum absolute atomic E-state index is 0.0170. The van der Waals surface area contributed by atoms with Crippen LogP contribution in [0.4, 0.5) is 5.69 Å². The van der Waals surface area contributed by atoms with Gasteiger partial charge in [-0.15, -0.1) is 0 Å².